The molecule has 0 unspecified atom stereocenters. The van der Waals surface area contributed by atoms with E-state index in [4.69, 9.17) is 11.6 Å². The third-order valence-corrected chi connectivity index (χ3v) is 4.86. The highest BCUT2D eigenvalue weighted by Gasteiger charge is 2.24. The topological polar surface area (TPSA) is 34.1 Å². The Bertz CT molecular complexity index is 422. The third kappa shape index (κ3) is 2.73. The molecule has 15 heavy (non-hydrogen) atoms. The molecule has 2 rings (SSSR count). The van der Waals surface area contributed by atoms with Crippen LogP contribution in [0.2, 0.25) is 5.02 Å². The molecule has 0 atom stereocenters. The standard InChI is InChI=1S/C11H13ClO2S/c12-11-3-1-9(2-4-11)10-5-7-15(13,14)8-6-10/h1-4,10H,5-8H2. The lowest BCUT2D eigenvalue weighted by Crippen LogP contribution is -2.22. The Morgan fingerprint density at radius 2 is 1.60 bits per heavy atom. The molecule has 1 heterocycles. The van der Waals surface area contributed by atoms with E-state index in [9.17, 15) is 8.42 Å². The van der Waals surface area contributed by atoms with Crippen molar-refractivity contribution in [2.24, 2.45) is 0 Å². The molecule has 1 aromatic carbocycles. The zero-order valence-corrected chi connectivity index (χ0v) is 9.89. The lowest BCUT2D eigenvalue weighted by atomic mass is 9.94. The third-order valence-electron chi connectivity index (χ3n) is 2.90. The number of hydrogen-bond acceptors (Lipinski definition) is 2. The van der Waals surface area contributed by atoms with Gasteiger partial charge in [-0.05, 0) is 36.5 Å². The first-order chi connectivity index (χ1) is 7.07. The largest absolute Gasteiger partial charge is 0.229 e. The van der Waals surface area contributed by atoms with E-state index in [2.05, 4.69) is 0 Å². The summed E-state index contributed by atoms with van der Waals surface area (Å²) in [7, 11) is -2.76. The second kappa shape index (κ2) is 4.14. The van der Waals surface area contributed by atoms with Gasteiger partial charge in [-0.2, -0.15) is 0 Å². The van der Waals surface area contributed by atoms with Gasteiger partial charge >= 0.3 is 0 Å². The maximum absolute atomic E-state index is 11.3. The molecule has 1 saturated heterocycles. The fraction of sp³-hybridized carbons (Fsp3) is 0.455. The lowest BCUT2D eigenvalue weighted by Gasteiger charge is -2.22. The summed E-state index contributed by atoms with van der Waals surface area (Å²) in [6, 6.07) is 7.70. The van der Waals surface area contributed by atoms with Gasteiger partial charge in [0, 0.05) is 5.02 Å². The maximum Gasteiger partial charge on any atom is 0.150 e. The molecule has 1 aliphatic heterocycles. The Morgan fingerprint density at radius 3 is 2.13 bits per heavy atom. The van der Waals surface area contributed by atoms with Gasteiger partial charge in [0.2, 0.25) is 0 Å². The average Bonchev–Trinajstić information content (AvgIpc) is 2.20. The molecule has 0 bridgehead atoms. The molecule has 0 aromatic heterocycles. The van der Waals surface area contributed by atoms with Crippen LogP contribution in [-0.2, 0) is 9.84 Å². The number of sulfone groups is 1. The SMILES string of the molecule is O=S1(=O)CCC(c2ccc(Cl)cc2)CC1. The van der Waals surface area contributed by atoms with Crippen molar-refractivity contribution in [2.75, 3.05) is 11.5 Å². The fourth-order valence-corrected chi connectivity index (χ4v) is 3.58. The van der Waals surface area contributed by atoms with Crippen molar-refractivity contribution in [1.29, 1.82) is 0 Å². The van der Waals surface area contributed by atoms with Gasteiger partial charge in [-0.25, -0.2) is 8.42 Å². The summed E-state index contributed by atoms with van der Waals surface area (Å²) < 4.78 is 22.5. The highest BCUT2D eigenvalue weighted by atomic mass is 35.5. The van der Waals surface area contributed by atoms with Crippen molar-refractivity contribution < 1.29 is 8.42 Å². The van der Waals surface area contributed by atoms with Gasteiger partial charge in [-0.1, -0.05) is 23.7 Å². The Hall–Kier alpha value is -0.540. The first-order valence-electron chi connectivity index (χ1n) is 5.03. The highest BCUT2D eigenvalue weighted by molar-refractivity contribution is 7.91. The van der Waals surface area contributed by atoms with Crippen molar-refractivity contribution in [2.45, 2.75) is 18.8 Å². The molecule has 2 nitrogen and oxygen atoms in total. The molecular formula is C11H13ClO2S. The molecule has 0 radical (unpaired) electrons. The molecule has 0 aliphatic carbocycles. The summed E-state index contributed by atoms with van der Waals surface area (Å²) in [4.78, 5) is 0. The minimum absolute atomic E-state index is 0.320. The molecular weight excluding hydrogens is 232 g/mol. The van der Waals surface area contributed by atoms with Crippen molar-refractivity contribution in [3.05, 3.63) is 34.9 Å². The zero-order valence-electron chi connectivity index (χ0n) is 8.32. The number of halogens is 1. The zero-order chi connectivity index (χ0) is 10.9. The second-order valence-corrected chi connectivity index (χ2v) is 6.72. The maximum atomic E-state index is 11.3. The van der Waals surface area contributed by atoms with Crippen LogP contribution in [0.4, 0.5) is 0 Å². The number of benzene rings is 1. The molecule has 0 N–H and O–H groups in total. The van der Waals surface area contributed by atoms with Crippen LogP contribution in [0.15, 0.2) is 24.3 Å². The molecule has 1 aliphatic rings. The monoisotopic (exact) mass is 244 g/mol. The van der Waals surface area contributed by atoms with Crippen molar-refractivity contribution in [1.82, 2.24) is 0 Å². The molecule has 4 heteroatoms. The Balaban J connectivity index is 2.11. The summed E-state index contributed by atoms with van der Waals surface area (Å²) in [6.45, 7) is 0. The summed E-state index contributed by atoms with van der Waals surface area (Å²) in [6.07, 6.45) is 1.48. The van der Waals surface area contributed by atoms with E-state index in [1.807, 2.05) is 24.3 Å². The van der Waals surface area contributed by atoms with Gasteiger partial charge in [-0.15, -0.1) is 0 Å². The van der Waals surface area contributed by atoms with Crippen molar-refractivity contribution in [3.8, 4) is 0 Å². The Kier molecular flexibility index (Phi) is 3.03. The molecule has 0 spiro atoms. The van der Waals surface area contributed by atoms with Crippen LogP contribution >= 0.6 is 11.6 Å². The van der Waals surface area contributed by atoms with Crippen molar-refractivity contribution in [3.63, 3.8) is 0 Å². The van der Waals surface area contributed by atoms with Crippen LogP contribution in [0.3, 0.4) is 0 Å². The van der Waals surface area contributed by atoms with E-state index in [0.717, 1.165) is 17.9 Å². The van der Waals surface area contributed by atoms with Crippen LogP contribution in [0.5, 0.6) is 0 Å². The van der Waals surface area contributed by atoms with Gasteiger partial charge in [0.1, 0.15) is 9.84 Å². The predicted octanol–water partition coefficient (Wildman–Crippen LogP) is 2.63. The Labute approximate surface area is 95.2 Å². The van der Waals surface area contributed by atoms with Gasteiger partial charge < -0.3 is 0 Å². The molecule has 1 aromatic rings. The summed E-state index contributed by atoms with van der Waals surface area (Å²) in [5.74, 6) is 1.02. The minimum Gasteiger partial charge on any atom is -0.229 e. The van der Waals surface area contributed by atoms with E-state index in [1.54, 1.807) is 0 Å². The second-order valence-electron chi connectivity index (χ2n) is 3.98. The van der Waals surface area contributed by atoms with E-state index in [1.165, 1.54) is 5.56 Å². The number of rotatable bonds is 1. The first kappa shape index (κ1) is 11.0. The van der Waals surface area contributed by atoms with Gasteiger partial charge in [0.15, 0.2) is 0 Å². The molecule has 1 fully saturated rings. The van der Waals surface area contributed by atoms with Gasteiger partial charge in [-0.3, -0.25) is 0 Å². The van der Waals surface area contributed by atoms with Crippen LogP contribution < -0.4 is 0 Å². The van der Waals surface area contributed by atoms with E-state index in [0.29, 0.717) is 17.4 Å². The number of hydrogen-bond donors (Lipinski definition) is 0. The smallest absolute Gasteiger partial charge is 0.150 e. The van der Waals surface area contributed by atoms with Crippen LogP contribution in [-0.4, -0.2) is 19.9 Å². The normalized spacial score (nSPS) is 21.4. The minimum atomic E-state index is -2.76. The van der Waals surface area contributed by atoms with Crippen LogP contribution in [0.25, 0.3) is 0 Å². The van der Waals surface area contributed by atoms with E-state index >= 15 is 0 Å². The summed E-state index contributed by atoms with van der Waals surface area (Å²) in [5.41, 5.74) is 1.20. The Morgan fingerprint density at radius 1 is 1.07 bits per heavy atom. The predicted molar refractivity (Wildman–Crippen MR) is 62.1 cm³/mol. The van der Waals surface area contributed by atoms with Crippen LogP contribution in [0, 0.1) is 0 Å². The van der Waals surface area contributed by atoms with E-state index < -0.39 is 9.84 Å². The van der Waals surface area contributed by atoms with E-state index in [-0.39, 0.29) is 0 Å². The summed E-state index contributed by atoms with van der Waals surface area (Å²) in [5, 5.41) is 0.724. The first-order valence-corrected chi connectivity index (χ1v) is 7.23. The molecule has 0 amide bonds. The summed E-state index contributed by atoms with van der Waals surface area (Å²) >= 11 is 5.80. The van der Waals surface area contributed by atoms with Crippen molar-refractivity contribution >= 4 is 21.4 Å². The van der Waals surface area contributed by atoms with Crippen LogP contribution in [0.1, 0.15) is 24.3 Å². The van der Waals surface area contributed by atoms with Gasteiger partial charge in [0.25, 0.3) is 0 Å². The van der Waals surface area contributed by atoms with Gasteiger partial charge in [0.05, 0.1) is 11.5 Å². The average molecular weight is 245 g/mol. The molecule has 0 saturated carbocycles. The lowest BCUT2D eigenvalue weighted by molar-refractivity contribution is 0.550. The fourth-order valence-electron chi connectivity index (χ4n) is 1.96. The quantitative estimate of drug-likeness (QED) is 0.761. The molecule has 82 valence electrons. The highest BCUT2D eigenvalue weighted by Crippen LogP contribution is 2.29.